The van der Waals surface area contributed by atoms with Crippen molar-refractivity contribution in [1.29, 1.82) is 0 Å². The highest BCUT2D eigenvalue weighted by Crippen LogP contribution is 2.25. The number of hydrogen-bond acceptors (Lipinski definition) is 6. The summed E-state index contributed by atoms with van der Waals surface area (Å²) in [7, 11) is 1.63. The SMILES string of the molecule is COCCn1cnc2cc(N3CCN(Cc4n[nH]c5c4CCC5)CC3)ccc2c1=O. The van der Waals surface area contributed by atoms with Gasteiger partial charge in [-0.15, -0.1) is 0 Å². The van der Waals surface area contributed by atoms with Crippen molar-refractivity contribution >= 4 is 16.6 Å². The predicted octanol–water partition coefficient (Wildman–Crippen LogP) is 1.58. The zero-order chi connectivity index (χ0) is 20.5. The molecule has 0 radical (unpaired) electrons. The van der Waals surface area contributed by atoms with E-state index in [-0.39, 0.29) is 5.56 Å². The van der Waals surface area contributed by atoms with Crippen LogP contribution in [0.2, 0.25) is 0 Å². The fourth-order valence-corrected chi connectivity index (χ4v) is 4.59. The lowest BCUT2D eigenvalue weighted by Crippen LogP contribution is -2.46. The summed E-state index contributed by atoms with van der Waals surface area (Å²) in [6.07, 6.45) is 5.17. The van der Waals surface area contributed by atoms with Gasteiger partial charge in [-0.25, -0.2) is 4.98 Å². The van der Waals surface area contributed by atoms with E-state index >= 15 is 0 Å². The van der Waals surface area contributed by atoms with Crippen LogP contribution in [0, 0.1) is 0 Å². The molecule has 0 atom stereocenters. The van der Waals surface area contributed by atoms with E-state index in [9.17, 15) is 4.79 Å². The summed E-state index contributed by atoms with van der Waals surface area (Å²) in [6, 6.07) is 5.98. The van der Waals surface area contributed by atoms with Gasteiger partial charge in [-0.2, -0.15) is 5.10 Å². The van der Waals surface area contributed by atoms with Crippen LogP contribution >= 0.6 is 0 Å². The number of benzene rings is 1. The first-order chi connectivity index (χ1) is 14.7. The van der Waals surface area contributed by atoms with Crippen LogP contribution < -0.4 is 10.5 Å². The quantitative estimate of drug-likeness (QED) is 0.667. The molecule has 3 heterocycles. The van der Waals surface area contributed by atoms with Crippen LogP contribution in [0.1, 0.15) is 23.4 Å². The average molecular weight is 409 g/mol. The zero-order valence-corrected chi connectivity index (χ0v) is 17.4. The summed E-state index contributed by atoms with van der Waals surface area (Å²) >= 11 is 0. The lowest BCUT2D eigenvalue weighted by Gasteiger charge is -2.36. The Labute approximate surface area is 175 Å². The van der Waals surface area contributed by atoms with Crippen molar-refractivity contribution in [3.8, 4) is 0 Å². The molecular weight excluding hydrogens is 380 g/mol. The van der Waals surface area contributed by atoms with Gasteiger partial charge in [0.25, 0.3) is 5.56 Å². The van der Waals surface area contributed by atoms with Crippen LogP contribution in [0.4, 0.5) is 5.69 Å². The second-order valence-corrected chi connectivity index (χ2v) is 8.18. The minimum absolute atomic E-state index is 0.0139. The van der Waals surface area contributed by atoms with Gasteiger partial charge < -0.3 is 9.64 Å². The molecule has 0 amide bonds. The summed E-state index contributed by atoms with van der Waals surface area (Å²) in [4.78, 5) is 22.0. The summed E-state index contributed by atoms with van der Waals surface area (Å²) in [5, 5.41) is 8.42. The van der Waals surface area contributed by atoms with Crippen molar-refractivity contribution in [2.45, 2.75) is 32.4 Å². The van der Waals surface area contributed by atoms with Crippen LogP contribution in [0.25, 0.3) is 10.9 Å². The summed E-state index contributed by atoms with van der Waals surface area (Å²) in [5.74, 6) is 0. The Hall–Kier alpha value is -2.71. The first-order valence-corrected chi connectivity index (χ1v) is 10.7. The molecule has 1 aliphatic carbocycles. The topological polar surface area (TPSA) is 79.3 Å². The fraction of sp³-hybridized carbons (Fsp3) is 0.500. The normalized spacial score (nSPS) is 17.0. The third-order valence-corrected chi connectivity index (χ3v) is 6.35. The maximum atomic E-state index is 12.6. The molecule has 0 unspecified atom stereocenters. The molecule has 0 bridgehead atoms. The summed E-state index contributed by atoms with van der Waals surface area (Å²) in [6.45, 7) is 5.88. The molecule has 1 aliphatic heterocycles. The highest BCUT2D eigenvalue weighted by atomic mass is 16.5. The lowest BCUT2D eigenvalue weighted by atomic mass is 10.1. The minimum Gasteiger partial charge on any atom is -0.383 e. The van der Waals surface area contributed by atoms with E-state index in [1.54, 1.807) is 18.0 Å². The average Bonchev–Trinajstić information content (AvgIpc) is 3.39. The van der Waals surface area contributed by atoms with Crippen molar-refractivity contribution in [1.82, 2.24) is 24.6 Å². The highest BCUT2D eigenvalue weighted by Gasteiger charge is 2.23. The van der Waals surface area contributed by atoms with E-state index in [1.807, 2.05) is 18.2 Å². The molecular formula is C22H28N6O2. The molecule has 8 nitrogen and oxygen atoms in total. The number of methoxy groups -OCH3 is 1. The number of anilines is 1. The number of H-pyrrole nitrogens is 1. The number of hydrogen-bond donors (Lipinski definition) is 1. The lowest BCUT2D eigenvalue weighted by molar-refractivity contribution is 0.186. The van der Waals surface area contributed by atoms with Crippen LogP contribution in [-0.2, 0) is 30.7 Å². The first-order valence-electron chi connectivity index (χ1n) is 10.7. The van der Waals surface area contributed by atoms with Crippen molar-refractivity contribution in [2.75, 3.05) is 44.8 Å². The van der Waals surface area contributed by atoms with Gasteiger partial charge in [0.2, 0.25) is 0 Å². The maximum Gasteiger partial charge on any atom is 0.261 e. The fourth-order valence-electron chi connectivity index (χ4n) is 4.59. The van der Waals surface area contributed by atoms with E-state index < -0.39 is 0 Å². The number of rotatable bonds is 6. The van der Waals surface area contributed by atoms with Crippen molar-refractivity contribution in [3.05, 3.63) is 51.8 Å². The third-order valence-electron chi connectivity index (χ3n) is 6.35. The van der Waals surface area contributed by atoms with Crippen LogP contribution in [0.5, 0.6) is 0 Å². The number of aromatic nitrogens is 4. The zero-order valence-electron chi connectivity index (χ0n) is 17.4. The first kappa shape index (κ1) is 19.3. The Morgan fingerprint density at radius 3 is 2.87 bits per heavy atom. The van der Waals surface area contributed by atoms with Gasteiger partial charge in [-0.05, 0) is 43.0 Å². The predicted molar refractivity (Wildman–Crippen MR) is 116 cm³/mol. The molecule has 1 fully saturated rings. The van der Waals surface area contributed by atoms with Crippen molar-refractivity contribution in [2.24, 2.45) is 0 Å². The molecule has 1 saturated heterocycles. The van der Waals surface area contributed by atoms with Crippen molar-refractivity contribution in [3.63, 3.8) is 0 Å². The van der Waals surface area contributed by atoms with Crippen LogP contribution in [-0.4, -0.2) is 64.5 Å². The monoisotopic (exact) mass is 408 g/mol. The molecule has 3 aromatic rings. The highest BCUT2D eigenvalue weighted by molar-refractivity contribution is 5.81. The second-order valence-electron chi connectivity index (χ2n) is 8.18. The standard InChI is InChI=1S/C22H28N6O2/c1-30-12-11-28-15-23-20-13-16(5-6-18(20)22(28)29)27-9-7-26(8-10-27)14-21-17-3-2-4-19(17)24-25-21/h5-6,13,15H,2-4,7-12,14H2,1H3,(H,24,25). The van der Waals surface area contributed by atoms with Gasteiger partial charge in [0.1, 0.15) is 0 Å². The number of ether oxygens (including phenoxy) is 1. The number of nitrogens with zero attached hydrogens (tertiary/aromatic N) is 5. The number of aromatic amines is 1. The van der Waals surface area contributed by atoms with Gasteiger partial charge in [0.05, 0.1) is 36.1 Å². The number of fused-ring (bicyclic) bond motifs is 2. The van der Waals surface area contributed by atoms with E-state index in [4.69, 9.17) is 4.74 Å². The Balaban J connectivity index is 1.26. The maximum absolute atomic E-state index is 12.6. The van der Waals surface area contributed by atoms with E-state index in [1.165, 1.54) is 29.8 Å². The molecule has 158 valence electrons. The summed E-state index contributed by atoms with van der Waals surface area (Å²) < 4.78 is 6.68. The van der Waals surface area contributed by atoms with Gasteiger partial charge >= 0.3 is 0 Å². The molecule has 5 rings (SSSR count). The Morgan fingerprint density at radius 1 is 1.17 bits per heavy atom. The third kappa shape index (κ3) is 3.61. The van der Waals surface area contributed by atoms with Gasteiger partial charge in [0, 0.05) is 51.2 Å². The Kier molecular flexibility index (Phi) is 5.26. The molecule has 30 heavy (non-hydrogen) atoms. The number of piperazine rings is 1. The summed E-state index contributed by atoms with van der Waals surface area (Å²) in [5.41, 5.74) is 5.89. The molecule has 2 aromatic heterocycles. The van der Waals surface area contributed by atoms with Crippen molar-refractivity contribution < 1.29 is 4.74 Å². The minimum atomic E-state index is -0.0139. The molecule has 1 aromatic carbocycles. The molecule has 0 spiro atoms. The number of nitrogens with one attached hydrogen (secondary N) is 1. The molecule has 1 N–H and O–H groups in total. The molecule has 0 saturated carbocycles. The molecule has 2 aliphatic rings. The Bertz CT molecular complexity index is 1100. The largest absolute Gasteiger partial charge is 0.383 e. The second kappa shape index (κ2) is 8.20. The van der Waals surface area contributed by atoms with Gasteiger partial charge in [-0.3, -0.25) is 19.4 Å². The smallest absolute Gasteiger partial charge is 0.261 e. The Morgan fingerprint density at radius 2 is 2.03 bits per heavy atom. The van der Waals surface area contributed by atoms with Gasteiger partial charge in [-0.1, -0.05) is 0 Å². The van der Waals surface area contributed by atoms with Crippen LogP contribution in [0.15, 0.2) is 29.3 Å². The van der Waals surface area contributed by atoms with E-state index in [0.717, 1.165) is 50.3 Å². The van der Waals surface area contributed by atoms with E-state index in [2.05, 4.69) is 25.0 Å². The number of aryl methyl sites for hydroxylation is 1. The van der Waals surface area contributed by atoms with Gasteiger partial charge in [0.15, 0.2) is 0 Å². The molecule has 8 heteroatoms. The van der Waals surface area contributed by atoms with E-state index in [0.29, 0.717) is 18.5 Å². The van der Waals surface area contributed by atoms with Crippen LogP contribution in [0.3, 0.4) is 0 Å².